The number of aromatic nitrogens is 2. The molecule has 8 heteroatoms. The van der Waals surface area contributed by atoms with Gasteiger partial charge in [0.05, 0.1) is 16.3 Å². The lowest BCUT2D eigenvalue weighted by molar-refractivity contribution is 0.103. The van der Waals surface area contributed by atoms with Crippen LogP contribution in [0.3, 0.4) is 0 Å². The molecule has 31 heavy (non-hydrogen) atoms. The predicted octanol–water partition coefficient (Wildman–Crippen LogP) is 4.95. The molecule has 2 fully saturated rings. The number of anilines is 1. The van der Waals surface area contributed by atoms with E-state index in [2.05, 4.69) is 15.7 Å². The van der Waals surface area contributed by atoms with E-state index in [1.165, 1.54) is 22.1 Å². The highest BCUT2D eigenvalue weighted by Gasteiger charge is 2.29. The molecule has 0 aliphatic heterocycles. The second-order valence-corrected chi connectivity index (χ2v) is 9.18. The van der Waals surface area contributed by atoms with E-state index in [0.29, 0.717) is 21.8 Å². The Morgan fingerprint density at radius 2 is 1.90 bits per heavy atom. The largest absolute Gasteiger partial charge is 0.507 e. The van der Waals surface area contributed by atoms with Crippen LogP contribution >= 0.6 is 11.3 Å². The normalized spacial score (nSPS) is 16.4. The first kappa shape index (κ1) is 19.8. The Balaban J connectivity index is 1.47. The number of hydrogen-bond donors (Lipinski definition) is 3. The minimum atomic E-state index is -0.211. The number of carbonyl (C=O) groups is 2. The third-order valence-electron chi connectivity index (χ3n) is 5.88. The number of nitrogens with one attached hydrogen (secondary N) is 2. The first-order valence-electron chi connectivity index (χ1n) is 10.7. The Labute approximate surface area is 184 Å². The van der Waals surface area contributed by atoms with Crippen LogP contribution < -0.4 is 10.6 Å². The summed E-state index contributed by atoms with van der Waals surface area (Å²) in [6.07, 6.45) is 6.36. The van der Waals surface area contributed by atoms with E-state index in [-0.39, 0.29) is 29.6 Å². The van der Waals surface area contributed by atoms with Crippen LogP contribution in [-0.2, 0) is 0 Å². The smallest absolute Gasteiger partial charge is 0.342 e. The maximum atomic E-state index is 12.8. The van der Waals surface area contributed by atoms with Crippen LogP contribution in [-0.4, -0.2) is 32.9 Å². The molecule has 0 unspecified atom stereocenters. The molecule has 3 aromatic rings. The number of rotatable bonds is 5. The standard InChI is InChI=1S/C23H24N4O3S/c28-20-10-9-16(24-22(29)21-6-3-11-31-21)12-17(20)18-13-19(14-4-1-2-5-14)27(26-18)23(30)25-15-7-8-15/h3,6,9-15,28H,1-2,4-5,7-8H2,(H,24,29)(H,25,30). The number of phenols is 1. The minimum absolute atomic E-state index is 0.0549. The highest BCUT2D eigenvalue weighted by Crippen LogP contribution is 2.38. The quantitative estimate of drug-likeness (QED) is 0.493. The minimum Gasteiger partial charge on any atom is -0.507 e. The Morgan fingerprint density at radius 3 is 2.61 bits per heavy atom. The molecule has 0 bridgehead atoms. The fraction of sp³-hybridized carbons (Fsp3) is 0.348. The molecule has 0 saturated heterocycles. The van der Waals surface area contributed by atoms with Gasteiger partial charge in [-0.15, -0.1) is 11.3 Å². The summed E-state index contributed by atoms with van der Waals surface area (Å²) in [6.45, 7) is 0. The van der Waals surface area contributed by atoms with Crippen molar-refractivity contribution in [3.63, 3.8) is 0 Å². The summed E-state index contributed by atoms with van der Waals surface area (Å²) in [6, 6.07) is 10.4. The lowest BCUT2D eigenvalue weighted by Gasteiger charge is -2.11. The number of phenolic OH excluding ortho intramolecular Hbond substituents is 1. The Hall–Kier alpha value is -3.13. The Kier molecular flexibility index (Phi) is 5.23. The predicted molar refractivity (Wildman–Crippen MR) is 120 cm³/mol. The lowest BCUT2D eigenvalue weighted by atomic mass is 10.0. The fourth-order valence-corrected chi connectivity index (χ4v) is 4.70. The third kappa shape index (κ3) is 4.20. The van der Waals surface area contributed by atoms with Crippen LogP contribution in [0.4, 0.5) is 10.5 Å². The van der Waals surface area contributed by atoms with Crippen molar-refractivity contribution in [2.45, 2.75) is 50.5 Å². The first-order chi connectivity index (χ1) is 15.1. The zero-order chi connectivity index (χ0) is 21.4. The number of amides is 2. The number of aromatic hydroxyl groups is 1. The van der Waals surface area contributed by atoms with Gasteiger partial charge in [0.2, 0.25) is 0 Å². The topological polar surface area (TPSA) is 96.2 Å². The van der Waals surface area contributed by atoms with E-state index >= 15 is 0 Å². The van der Waals surface area contributed by atoms with E-state index in [1.54, 1.807) is 18.2 Å². The van der Waals surface area contributed by atoms with E-state index in [1.807, 2.05) is 17.5 Å². The molecular weight excluding hydrogens is 412 g/mol. The third-order valence-corrected chi connectivity index (χ3v) is 6.75. The van der Waals surface area contributed by atoms with E-state index < -0.39 is 0 Å². The zero-order valence-corrected chi connectivity index (χ0v) is 17.8. The number of hydrogen-bond acceptors (Lipinski definition) is 5. The molecule has 5 rings (SSSR count). The van der Waals surface area contributed by atoms with Gasteiger partial charge in [-0.05, 0) is 61.4 Å². The van der Waals surface area contributed by atoms with Crippen LogP contribution in [0.1, 0.15) is 59.8 Å². The number of carbonyl (C=O) groups excluding carboxylic acids is 2. The molecule has 7 nitrogen and oxygen atoms in total. The van der Waals surface area contributed by atoms with Gasteiger partial charge in [0.1, 0.15) is 5.75 Å². The lowest BCUT2D eigenvalue weighted by Crippen LogP contribution is -2.32. The Bertz CT molecular complexity index is 1110. The second kappa shape index (κ2) is 8.19. The van der Waals surface area contributed by atoms with Gasteiger partial charge in [-0.2, -0.15) is 9.78 Å². The van der Waals surface area contributed by atoms with Crippen molar-refractivity contribution in [1.29, 1.82) is 0 Å². The molecule has 2 aliphatic carbocycles. The van der Waals surface area contributed by atoms with Gasteiger partial charge >= 0.3 is 6.03 Å². The van der Waals surface area contributed by atoms with Gasteiger partial charge in [-0.25, -0.2) is 4.79 Å². The molecule has 0 spiro atoms. The highest BCUT2D eigenvalue weighted by molar-refractivity contribution is 7.12. The van der Waals surface area contributed by atoms with Crippen molar-refractivity contribution < 1.29 is 14.7 Å². The molecule has 0 radical (unpaired) electrons. The van der Waals surface area contributed by atoms with Crippen LogP contribution in [0.5, 0.6) is 5.75 Å². The number of benzene rings is 1. The van der Waals surface area contributed by atoms with Crippen molar-refractivity contribution in [1.82, 2.24) is 15.1 Å². The number of thiophene rings is 1. The monoisotopic (exact) mass is 436 g/mol. The molecule has 1 aromatic carbocycles. The van der Waals surface area contributed by atoms with Crippen molar-refractivity contribution in [3.8, 4) is 17.0 Å². The molecule has 0 atom stereocenters. The first-order valence-corrected chi connectivity index (χ1v) is 11.6. The molecule has 160 valence electrons. The van der Waals surface area contributed by atoms with Crippen molar-refractivity contribution in [3.05, 3.63) is 52.3 Å². The van der Waals surface area contributed by atoms with Crippen molar-refractivity contribution in [2.24, 2.45) is 0 Å². The maximum absolute atomic E-state index is 12.8. The summed E-state index contributed by atoms with van der Waals surface area (Å²) < 4.78 is 1.47. The molecule has 3 N–H and O–H groups in total. The fourth-order valence-electron chi connectivity index (χ4n) is 4.09. The van der Waals surface area contributed by atoms with Crippen molar-refractivity contribution >= 4 is 29.0 Å². The highest BCUT2D eigenvalue weighted by atomic mass is 32.1. The molecular formula is C23H24N4O3S. The molecule has 2 heterocycles. The maximum Gasteiger partial charge on any atom is 0.342 e. The van der Waals surface area contributed by atoms with E-state index in [9.17, 15) is 14.7 Å². The second-order valence-electron chi connectivity index (χ2n) is 8.23. The average Bonchev–Trinajstić information content (AvgIpc) is 3.23. The summed E-state index contributed by atoms with van der Waals surface area (Å²) >= 11 is 1.36. The zero-order valence-electron chi connectivity index (χ0n) is 17.0. The summed E-state index contributed by atoms with van der Waals surface area (Å²) in [7, 11) is 0. The van der Waals surface area contributed by atoms with Crippen LogP contribution in [0, 0.1) is 0 Å². The van der Waals surface area contributed by atoms with E-state index in [4.69, 9.17) is 0 Å². The molecule has 2 aliphatic rings. The SMILES string of the molecule is O=C(Nc1ccc(O)c(-c2cc(C3CCCC3)n(C(=O)NC3CC3)n2)c1)c1cccs1. The Morgan fingerprint density at radius 1 is 1.10 bits per heavy atom. The summed E-state index contributed by atoms with van der Waals surface area (Å²) in [5.41, 5.74) is 2.46. The molecule has 2 saturated carbocycles. The average molecular weight is 437 g/mol. The van der Waals surface area contributed by atoms with Gasteiger partial charge in [-0.1, -0.05) is 18.9 Å². The molecule has 2 aromatic heterocycles. The summed E-state index contributed by atoms with van der Waals surface area (Å²) in [5.74, 6) is 0.141. The summed E-state index contributed by atoms with van der Waals surface area (Å²) in [4.78, 5) is 25.8. The van der Waals surface area contributed by atoms with Gasteiger partial charge in [-0.3, -0.25) is 4.79 Å². The van der Waals surface area contributed by atoms with Gasteiger partial charge in [0.15, 0.2) is 0 Å². The van der Waals surface area contributed by atoms with Gasteiger partial charge < -0.3 is 15.7 Å². The summed E-state index contributed by atoms with van der Waals surface area (Å²) in [5, 5.41) is 22.8. The van der Waals surface area contributed by atoms with Crippen LogP contribution in [0.2, 0.25) is 0 Å². The van der Waals surface area contributed by atoms with Gasteiger partial charge in [0.25, 0.3) is 5.91 Å². The van der Waals surface area contributed by atoms with Crippen LogP contribution in [0.15, 0.2) is 41.8 Å². The molecule has 2 amide bonds. The van der Waals surface area contributed by atoms with Crippen LogP contribution in [0.25, 0.3) is 11.3 Å². The van der Waals surface area contributed by atoms with E-state index in [0.717, 1.165) is 44.2 Å². The number of nitrogens with zero attached hydrogens (tertiary/aromatic N) is 2. The van der Waals surface area contributed by atoms with Crippen molar-refractivity contribution in [2.75, 3.05) is 5.32 Å². The van der Waals surface area contributed by atoms with Gasteiger partial charge in [0, 0.05) is 23.2 Å².